The number of carbonyl (C=O) groups is 8. The van der Waals surface area contributed by atoms with Crippen molar-refractivity contribution in [2.45, 2.75) is 127 Å². The molecule has 21 heteroatoms. The minimum atomic E-state index is -3.01. The summed E-state index contributed by atoms with van der Waals surface area (Å²) in [6.45, 7) is 6.22. The number of rotatable bonds is 8. The second-order valence-corrected chi connectivity index (χ2v) is 16.3. The van der Waals surface area contributed by atoms with Crippen molar-refractivity contribution in [2.24, 2.45) is 11.3 Å². The van der Waals surface area contributed by atoms with Gasteiger partial charge in [0.1, 0.15) is 42.0 Å². The monoisotopic (exact) mass is 873 g/mol. The van der Waals surface area contributed by atoms with Crippen molar-refractivity contribution in [3.63, 3.8) is 0 Å². The van der Waals surface area contributed by atoms with E-state index in [4.69, 9.17) is 47.0 Å². The number of pyridine rings is 1. The number of cyclic esters (lactones) is 1. The normalized spacial score (nSPS) is 36.3. The van der Waals surface area contributed by atoms with E-state index in [1.165, 1.54) is 37.4 Å². The quantitative estimate of drug-likeness (QED) is 0.275. The lowest BCUT2D eigenvalue weighted by Gasteiger charge is -2.67. The molecule has 1 unspecified atom stereocenters. The zero-order chi connectivity index (χ0) is 45.7. The second kappa shape index (κ2) is 16.4. The first-order chi connectivity index (χ1) is 28.9. The Labute approximate surface area is 353 Å². The van der Waals surface area contributed by atoms with Crippen molar-refractivity contribution in [1.82, 2.24) is 4.98 Å². The van der Waals surface area contributed by atoms with Crippen LogP contribution in [0.1, 0.15) is 88.4 Å². The average molecular weight is 874 g/mol. The predicted octanol–water partition coefficient (Wildman–Crippen LogP) is 0.864. The van der Waals surface area contributed by atoms with E-state index in [0.717, 1.165) is 54.7 Å². The smallest absolute Gasteiger partial charge is 0.374 e. The molecule has 2 aliphatic carbocycles. The van der Waals surface area contributed by atoms with E-state index in [9.17, 15) is 48.6 Å². The molecule has 1 saturated heterocycles. The van der Waals surface area contributed by atoms with Gasteiger partial charge >= 0.3 is 47.8 Å². The van der Waals surface area contributed by atoms with Gasteiger partial charge < -0.3 is 57.3 Å². The fourth-order valence-corrected chi connectivity index (χ4v) is 9.54. The third-order valence-corrected chi connectivity index (χ3v) is 11.9. The van der Waals surface area contributed by atoms with E-state index >= 15 is 0 Å². The summed E-state index contributed by atoms with van der Waals surface area (Å²) in [6.07, 6.45) is -11.1. The number of furan rings is 1. The van der Waals surface area contributed by atoms with Gasteiger partial charge in [0, 0.05) is 40.8 Å². The van der Waals surface area contributed by atoms with Gasteiger partial charge in [0.2, 0.25) is 5.76 Å². The Morgan fingerprint density at radius 3 is 1.98 bits per heavy atom. The summed E-state index contributed by atoms with van der Waals surface area (Å²) < 4.78 is 59.8. The fraction of sp³-hybridized carbons (Fsp3) is 0.585. The highest BCUT2D eigenvalue weighted by atomic mass is 16.7. The van der Waals surface area contributed by atoms with Crippen LogP contribution >= 0.6 is 0 Å². The van der Waals surface area contributed by atoms with E-state index in [1.807, 2.05) is 0 Å². The largest absolute Gasteiger partial charge is 0.465 e. The zero-order valence-corrected chi connectivity index (χ0v) is 35.0. The Kier molecular flexibility index (Phi) is 12.1. The van der Waals surface area contributed by atoms with Gasteiger partial charge in [-0.1, -0.05) is 0 Å². The summed E-state index contributed by atoms with van der Waals surface area (Å²) in [5.74, 6) is -11.2. The molecular weight excluding hydrogens is 826 g/mol. The molecule has 2 N–H and O–H groups in total. The predicted molar refractivity (Wildman–Crippen MR) is 199 cm³/mol. The number of aromatic nitrogens is 1. The van der Waals surface area contributed by atoms with Crippen LogP contribution in [-0.4, -0.2) is 135 Å². The van der Waals surface area contributed by atoms with Gasteiger partial charge in [0.15, 0.2) is 35.6 Å². The number of aryl methyl sites for hydroxylation is 1. The topological polar surface area (TPSA) is 286 Å². The highest BCUT2D eigenvalue weighted by molar-refractivity contribution is 5.90. The minimum absolute atomic E-state index is 0.0760. The van der Waals surface area contributed by atoms with Crippen molar-refractivity contribution in [3.05, 3.63) is 53.7 Å². The Morgan fingerprint density at radius 2 is 1.40 bits per heavy atom. The molecule has 2 aromatic rings. The molecule has 12 atom stereocenters. The summed E-state index contributed by atoms with van der Waals surface area (Å²) in [4.78, 5) is 113. The van der Waals surface area contributed by atoms with Gasteiger partial charge in [0.25, 0.3) is 0 Å². The molecule has 6 rings (SSSR count). The number of hydrogen-bond acceptors (Lipinski definition) is 21. The van der Waals surface area contributed by atoms with Gasteiger partial charge in [-0.05, 0) is 57.9 Å². The van der Waals surface area contributed by atoms with Crippen molar-refractivity contribution in [1.29, 1.82) is 0 Å². The minimum Gasteiger partial charge on any atom is -0.465 e. The molecule has 0 radical (unpaired) electrons. The Bertz CT molecular complexity index is 2150. The first-order valence-corrected chi connectivity index (χ1v) is 19.5. The summed E-state index contributed by atoms with van der Waals surface area (Å²) >= 11 is 0. The molecule has 62 heavy (non-hydrogen) atoms. The van der Waals surface area contributed by atoms with E-state index in [-0.39, 0.29) is 17.7 Å². The van der Waals surface area contributed by atoms with Crippen LogP contribution in [0.2, 0.25) is 0 Å². The third kappa shape index (κ3) is 7.54. The zero-order valence-electron chi connectivity index (χ0n) is 35.0. The molecule has 4 heterocycles. The van der Waals surface area contributed by atoms with E-state index in [1.54, 1.807) is 0 Å². The van der Waals surface area contributed by atoms with Crippen LogP contribution in [0.15, 0.2) is 41.1 Å². The van der Waals surface area contributed by atoms with E-state index < -0.39 is 144 Å². The Balaban J connectivity index is 1.79. The average Bonchev–Trinajstić information content (AvgIpc) is 3.79. The molecule has 2 aromatic heterocycles. The lowest BCUT2D eigenvalue weighted by Crippen LogP contribution is -2.89. The number of fused-ring (bicyclic) bond motifs is 5. The highest BCUT2D eigenvalue weighted by Crippen LogP contribution is 2.70. The van der Waals surface area contributed by atoms with Crippen molar-refractivity contribution in [3.8, 4) is 0 Å². The summed E-state index contributed by atoms with van der Waals surface area (Å²) in [7, 11) is 0. The van der Waals surface area contributed by atoms with Gasteiger partial charge in [-0.3, -0.25) is 29.0 Å². The summed E-state index contributed by atoms with van der Waals surface area (Å²) in [6, 6.07) is 5.32. The highest BCUT2D eigenvalue weighted by Gasteiger charge is 2.92. The summed E-state index contributed by atoms with van der Waals surface area (Å²) in [5, 5.41) is 25.3. The SMILES string of the molecule is CC(=O)OC[C@]12[C@H](OC(C)=O)[C@H](OC(C)=O)[C@@H]3[C@@H](OC(C)=O)[C@@]14O[C@@]3(C)COC(=O)c1cccnc1CCC(C)(O)C(=O)O[C@@H]([C@H](OC(=O)c1ccco1)[C@@H]2OC(C)=O)[C@]4(C)O. The van der Waals surface area contributed by atoms with Crippen LogP contribution < -0.4 is 0 Å². The first-order valence-electron chi connectivity index (χ1n) is 19.5. The number of aliphatic hydroxyl groups is 2. The fourth-order valence-electron chi connectivity index (χ4n) is 9.54. The molecule has 21 nitrogen and oxygen atoms in total. The van der Waals surface area contributed by atoms with Crippen LogP contribution in [0.25, 0.3) is 0 Å². The maximum absolute atomic E-state index is 14.4. The first kappa shape index (κ1) is 45.6. The number of hydrogen-bond donors (Lipinski definition) is 2. The number of nitrogens with zero attached hydrogens (tertiary/aromatic N) is 1. The third-order valence-electron chi connectivity index (χ3n) is 11.9. The van der Waals surface area contributed by atoms with Gasteiger partial charge in [-0.25, -0.2) is 14.4 Å². The Hall–Kier alpha value is -5.93. The molecule has 1 spiro atoms. The van der Waals surface area contributed by atoms with Crippen molar-refractivity contribution >= 4 is 47.8 Å². The maximum Gasteiger partial charge on any atom is 0.374 e. The lowest BCUT2D eigenvalue weighted by molar-refractivity contribution is -0.386. The number of carbonyl (C=O) groups excluding carboxylic acids is 8. The molecule has 2 aliphatic heterocycles. The molecule has 0 amide bonds. The molecule has 3 fully saturated rings. The van der Waals surface area contributed by atoms with Crippen LogP contribution in [0.3, 0.4) is 0 Å². The second-order valence-electron chi connectivity index (χ2n) is 16.3. The van der Waals surface area contributed by atoms with Crippen LogP contribution in [-0.2, 0) is 77.8 Å². The standard InChI is InChI=1S/C41H47NO20/c1-19(43)54-18-40-32(58-22(4)46)28(56-20(2)44)27-30(57-21(3)45)41(40)39(8,52)31(29(33(40)59-23(5)47)60-35(49)26-12-10-16-53-26)61-36(50)37(6,51)14-13-25-24(11-9-15-42-25)34(48)55-17-38(27,7)62-41/h9-12,15-16,27-33,51-52H,13-14,17-18H2,1-8H3/t27-,28-,29+,30-,31+,32-,33+,37?,38+,39+,40-,41+/m1/s1. The number of esters is 8. The van der Waals surface area contributed by atoms with E-state index in [2.05, 4.69) is 4.98 Å². The lowest BCUT2D eigenvalue weighted by atomic mass is 9.45. The van der Waals surface area contributed by atoms with Crippen LogP contribution in [0, 0.1) is 11.3 Å². The van der Waals surface area contributed by atoms with Crippen LogP contribution in [0.5, 0.6) is 0 Å². The van der Waals surface area contributed by atoms with Crippen molar-refractivity contribution in [2.75, 3.05) is 13.2 Å². The van der Waals surface area contributed by atoms with Crippen LogP contribution in [0.4, 0.5) is 0 Å². The Morgan fingerprint density at radius 1 is 0.790 bits per heavy atom. The van der Waals surface area contributed by atoms with E-state index in [0.29, 0.717) is 0 Å². The molecule has 336 valence electrons. The van der Waals surface area contributed by atoms with Gasteiger partial charge in [0.05, 0.1) is 23.4 Å². The summed E-state index contributed by atoms with van der Waals surface area (Å²) in [5.41, 5.74) is -13.3. The molecule has 4 bridgehead atoms. The number of ether oxygens (including phenoxy) is 9. The van der Waals surface area contributed by atoms with Gasteiger partial charge in [-0.2, -0.15) is 0 Å². The maximum atomic E-state index is 14.4. The molecule has 2 saturated carbocycles. The molecular formula is C41H47NO20. The van der Waals surface area contributed by atoms with Crippen molar-refractivity contribution < 1.29 is 95.6 Å². The molecule has 0 aromatic carbocycles. The van der Waals surface area contributed by atoms with Gasteiger partial charge in [-0.15, -0.1) is 0 Å². The molecule has 4 aliphatic rings.